The van der Waals surface area contributed by atoms with Gasteiger partial charge in [-0.05, 0) is 37.1 Å². The van der Waals surface area contributed by atoms with Gasteiger partial charge in [0.25, 0.3) is 15.9 Å². The number of sulfonamides is 1. The maximum absolute atomic E-state index is 12.7. The van der Waals surface area contributed by atoms with Gasteiger partial charge in [0.15, 0.2) is 5.76 Å². The van der Waals surface area contributed by atoms with Gasteiger partial charge in [-0.1, -0.05) is 11.6 Å². The molecule has 146 valence electrons. The van der Waals surface area contributed by atoms with Gasteiger partial charge in [0.05, 0.1) is 10.6 Å². The fourth-order valence-electron chi connectivity index (χ4n) is 2.82. The monoisotopic (exact) mass is 431 g/mol. The molecule has 0 bridgehead atoms. The number of amides is 2. The van der Waals surface area contributed by atoms with E-state index in [0.717, 1.165) is 11.3 Å². The van der Waals surface area contributed by atoms with Crippen molar-refractivity contribution in [3.63, 3.8) is 0 Å². The summed E-state index contributed by atoms with van der Waals surface area (Å²) in [5, 5.41) is 5.28. The van der Waals surface area contributed by atoms with E-state index < -0.39 is 16.1 Å². The summed E-state index contributed by atoms with van der Waals surface area (Å²) in [6, 6.07) is 5.33. The van der Waals surface area contributed by atoms with Crippen LogP contribution in [0.5, 0.6) is 0 Å². The Labute approximate surface area is 165 Å². The van der Waals surface area contributed by atoms with Crippen molar-refractivity contribution in [1.82, 2.24) is 14.9 Å². The summed E-state index contributed by atoms with van der Waals surface area (Å²) in [7, 11) is -3.76. The number of nitrogens with one attached hydrogen (secondary N) is 2. The average molecular weight is 432 g/mol. The van der Waals surface area contributed by atoms with Gasteiger partial charge in [-0.25, -0.2) is 8.42 Å². The fraction of sp³-hybridized carbons (Fsp3) is 0.375. The Hall–Kier alpha value is -1.88. The Morgan fingerprint density at radius 1 is 1.26 bits per heavy atom. The quantitative estimate of drug-likeness (QED) is 0.648. The lowest BCUT2D eigenvalue weighted by Gasteiger charge is -2.22. The minimum Gasteiger partial charge on any atom is -0.459 e. The van der Waals surface area contributed by atoms with Crippen molar-refractivity contribution in [2.75, 3.05) is 19.6 Å². The molecule has 1 saturated heterocycles. The SMILES string of the molecule is O=C(NCCNC(=O)[C@H]1CCCN1S(=O)(=O)c1ccc(Cl)s1)c1ccco1. The van der Waals surface area contributed by atoms with E-state index >= 15 is 0 Å². The Balaban J connectivity index is 1.54. The van der Waals surface area contributed by atoms with Crippen molar-refractivity contribution in [1.29, 1.82) is 0 Å². The summed E-state index contributed by atoms with van der Waals surface area (Å²) in [4.78, 5) is 24.2. The zero-order chi connectivity index (χ0) is 19.4. The van der Waals surface area contributed by atoms with Crippen molar-refractivity contribution in [3.05, 3.63) is 40.6 Å². The van der Waals surface area contributed by atoms with E-state index in [0.29, 0.717) is 17.2 Å². The summed E-state index contributed by atoms with van der Waals surface area (Å²) in [5.74, 6) is -0.580. The highest BCUT2D eigenvalue weighted by molar-refractivity contribution is 7.91. The van der Waals surface area contributed by atoms with Gasteiger partial charge >= 0.3 is 0 Å². The molecule has 0 radical (unpaired) electrons. The predicted molar refractivity (Wildman–Crippen MR) is 100 cm³/mol. The molecule has 2 aromatic heterocycles. The fourth-order valence-corrected chi connectivity index (χ4v) is 6.08. The second kappa shape index (κ2) is 8.42. The molecule has 0 unspecified atom stereocenters. The summed E-state index contributed by atoms with van der Waals surface area (Å²) >= 11 is 6.80. The van der Waals surface area contributed by atoms with E-state index in [1.54, 1.807) is 6.07 Å². The van der Waals surface area contributed by atoms with E-state index in [2.05, 4.69) is 10.6 Å². The third-order valence-electron chi connectivity index (χ3n) is 4.07. The molecule has 11 heteroatoms. The van der Waals surface area contributed by atoms with Crippen LogP contribution >= 0.6 is 22.9 Å². The van der Waals surface area contributed by atoms with Gasteiger partial charge in [0, 0.05) is 19.6 Å². The Kier molecular flexibility index (Phi) is 6.20. The van der Waals surface area contributed by atoms with E-state index in [9.17, 15) is 18.0 Å². The highest BCUT2D eigenvalue weighted by Gasteiger charge is 2.39. The number of thiophene rings is 1. The van der Waals surface area contributed by atoms with Crippen LogP contribution in [0.1, 0.15) is 23.4 Å². The van der Waals surface area contributed by atoms with E-state index in [4.69, 9.17) is 16.0 Å². The molecular weight excluding hydrogens is 414 g/mol. The van der Waals surface area contributed by atoms with Crippen LogP contribution in [-0.4, -0.2) is 50.2 Å². The summed E-state index contributed by atoms with van der Waals surface area (Å²) in [5.41, 5.74) is 0. The number of carbonyl (C=O) groups is 2. The normalized spacial score (nSPS) is 17.7. The minimum atomic E-state index is -3.76. The molecule has 3 heterocycles. The molecule has 1 aliphatic heterocycles. The standard InChI is InChI=1S/C16H18ClN3O5S2/c17-13-5-6-14(26-13)27(23,24)20-9-1-3-11(20)15(21)18-7-8-19-16(22)12-4-2-10-25-12/h2,4-6,10-11H,1,3,7-9H2,(H,18,21)(H,19,22)/t11-/m1/s1. The van der Waals surface area contributed by atoms with Crippen LogP contribution in [0.4, 0.5) is 0 Å². The number of rotatable bonds is 7. The van der Waals surface area contributed by atoms with E-state index in [1.807, 2.05) is 0 Å². The van der Waals surface area contributed by atoms with Crippen LogP contribution < -0.4 is 10.6 Å². The molecule has 3 rings (SSSR count). The minimum absolute atomic E-state index is 0.123. The topological polar surface area (TPSA) is 109 Å². The molecule has 2 amide bonds. The van der Waals surface area contributed by atoms with Crippen molar-refractivity contribution < 1.29 is 22.4 Å². The number of halogens is 1. The van der Waals surface area contributed by atoms with Crippen LogP contribution in [0, 0.1) is 0 Å². The molecule has 1 atom stereocenters. The first kappa shape index (κ1) is 19.9. The molecule has 2 aromatic rings. The first-order chi connectivity index (χ1) is 12.9. The Bertz CT molecular complexity index is 910. The first-order valence-corrected chi connectivity index (χ1v) is 10.9. The lowest BCUT2D eigenvalue weighted by atomic mass is 10.2. The van der Waals surface area contributed by atoms with Crippen LogP contribution in [0.15, 0.2) is 39.2 Å². The summed E-state index contributed by atoms with van der Waals surface area (Å²) < 4.78 is 32.2. The van der Waals surface area contributed by atoms with Gasteiger partial charge in [0.1, 0.15) is 10.3 Å². The second-order valence-corrected chi connectivity index (χ2v) is 9.69. The number of hydrogen-bond acceptors (Lipinski definition) is 6. The van der Waals surface area contributed by atoms with Gasteiger partial charge in [-0.2, -0.15) is 4.31 Å². The smallest absolute Gasteiger partial charge is 0.287 e. The van der Waals surface area contributed by atoms with Crippen LogP contribution in [0.3, 0.4) is 0 Å². The van der Waals surface area contributed by atoms with E-state index in [1.165, 1.54) is 28.8 Å². The van der Waals surface area contributed by atoms with Crippen LogP contribution in [0.25, 0.3) is 0 Å². The maximum atomic E-state index is 12.7. The van der Waals surface area contributed by atoms with Crippen LogP contribution in [0.2, 0.25) is 4.34 Å². The molecule has 27 heavy (non-hydrogen) atoms. The van der Waals surface area contributed by atoms with Gasteiger partial charge in [-0.15, -0.1) is 11.3 Å². The van der Waals surface area contributed by atoms with E-state index in [-0.39, 0.29) is 41.4 Å². The lowest BCUT2D eigenvalue weighted by molar-refractivity contribution is -0.124. The molecule has 0 spiro atoms. The molecule has 2 N–H and O–H groups in total. The molecule has 0 aliphatic carbocycles. The second-order valence-electron chi connectivity index (χ2n) is 5.86. The number of carbonyl (C=O) groups excluding carboxylic acids is 2. The van der Waals surface area contributed by atoms with Crippen molar-refractivity contribution in [2.24, 2.45) is 0 Å². The first-order valence-electron chi connectivity index (χ1n) is 8.26. The molecule has 1 fully saturated rings. The third kappa shape index (κ3) is 4.52. The summed E-state index contributed by atoms with van der Waals surface area (Å²) in [6.07, 6.45) is 2.45. The highest BCUT2D eigenvalue weighted by atomic mass is 35.5. The zero-order valence-corrected chi connectivity index (χ0v) is 16.6. The molecular formula is C16H18ClN3O5S2. The molecule has 1 aliphatic rings. The van der Waals surface area contributed by atoms with Crippen molar-refractivity contribution >= 4 is 44.8 Å². The Morgan fingerprint density at radius 3 is 2.70 bits per heavy atom. The molecule has 0 saturated carbocycles. The Morgan fingerprint density at radius 2 is 2.04 bits per heavy atom. The third-order valence-corrected chi connectivity index (χ3v) is 7.68. The lowest BCUT2D eigenvalue weighted by Crippen LogP contribution is -2.47. The highest BCUT2D eigenvalue weighted by Crippen LogP contribution is 2.32. The van der Waals surface area contributed by atoms with Gasteiger partial charge in [0.2, 0.25) is 5.91 Å². The number of nitrogens with zero attached hydrogens (tertiary/aromatic N) is 1. The average Bonchev–Trinajstić information content (AvgIpc) is 3.39. The molecule has 8 nitrogen and oxygen atoms in total. The number of furan rings is 1. The van der Waals surface area contributed by atoms with Crippen LogP contribution in [-0.2, 0) is 14.8 Å². The van der Waals surface area contributed by atoms with Crippen molar-refractivity contribution in [3.8, 4) is 0 Å². The molecule has 0 aromatic carbocycles. The summed E-state index contributed by atoms with van der Waals surface area (Å²) in [6.45, 7) is 0.664. The predicted octanol–water partition coefficient (Wildman–Crippen LogP) is 1.69. The van der Waals surface area contributed by atoms with Gasteiger partial charge in [-0.3, -0.25) is 9.59 Å². The van der Waals surface area contributed by atoms with Crippen molar-refractivity contribution in [2.45, 2.75) is 23.1 Å². The number of hydrogen-bond donors (Lipinski definition) is 2. The maximum Gasteiger partial charge on any atom is 0.287 e. The zero-order valence-electron chi connectivity index (χ0n) is 14.2. The van der Waals surface area contributed by atoms with Gasteiger partial charge < -0.3 is 15.1 Å². The largest absolute Gasteiger partial charge is 0.459 e.